The van der Waals surface area contributed by atoms with Gasteiger partial charge in [-0.1, -0.05) is 34.1 Å². The van der Waals surface area contributed by atoms with Gasteiger partial charge in [-0.15, -0.1) is 11.3 Å². The van der Waals surface area contributed by atoms with E-state index in [1.807, 2.05) is 23.6 Å². The van der Waals surface area contributed by atoms with E-state index in [1.54, 1.807) is 18.2 Å². The number of ketones is 1. The Kier molecular flexibility index (Phi) is 3.72. The summed E-state index contributed by atoms with van der Waals surface area (Å²) in [7, 11) is 0. The Morgan fingerprint density at radius 3 is 2.53 bits per heavy atom. The number of hydrogen-bond acceptors (Lipinski definition) is 3. The van der Waals surface area contributed by atoms with E-state index in [9.17, 15) is 4.79 Å². The minimum absolute atomic E-state index is 0.134. The van der Waals surface area contributed by atoms with Crippen molar-refractivity contribution in [1.82, 2.24) is 0 Å². The van der Waals surface area contributed by atoms with Crippen LogP contribution in [0, 0.1) is 11.3 Å². The first kappa shape index (κ1) is 12.0. The molecule has 0 bridgehead atoms. The third kappa shape index (κ3) is 2.63. The van der Waals surface area contributed by atoms with Crippen molar-refractivity contribution >= 4 is 33.0 Å². The Morgan fingerprint density at radius 1 is 1.29 bits per heavy atom. The lowest BCUT2D eigenvalue weighted by atomic mass is 9.95. The maximum Gasteiger partial charge on any atom is 0.194 e. The van der Waals surface area contributed by atoms with Crippen molar-refractivity contribution in [3.05, 3.63) is 56.7 Å². The molecule has 0 aliphatic carbocycles. The second-order valence-electron chi connectivity index (χ2n) is 3.46. The van der Waals surface area contributed by atoms with E-state index in [0.29, 0.717) is 4.88 Å². The molecule has 0 aliphatic heterocycles. The number of thiophene rings is 1. The molecule has 4 heteroatoms. The summed E-state index contributed by atoms with van der Waals surface area (Å²) in [5.74, 6) is -0.855. The van der Waals surface area contributed by atoms with Crippen LogP contribution >= 0.6 is 27.3 Å². The summed E-state index contributed by atoms with van der Waals surface area (Å²) in [5.41, 5.74) is 0.731. The summed E-state index contributed by atoms with van der Waals surface area (Å²) >= 11 is 4.69. The standard InChI is InChI=1S/C13H8BrNOS/c14-10-5-3-9(4-6-10)11(8-15)13(16)12-2-1-7-17-12/h1-7,11H/t11-/m0/s1. The maximum absolute atomic E-state index is 12.1. The monoisotopic (exact) mass is 305 g/mol. The molecule has 2 nitrogen and oxygen atoms in total. The van der Waals surface area contributed by atoms with E-state index in [2.05, 4.69) is 22.0 Å². The lowest BCUT2D eigenvalue weighted by Gasteiger charge is -2.06. The van der Waals surface area contributed by atoms with Gasteiger partial charge >= 0.3 is 0 Å². The SMILES string of the molecule is N#C[C@H](C(=O)c1cccs1)c1ccc(Br)cc1. The number of carbonyl (C=O) groups excluding carboxylic acids is 1. The number of halogens is 1. The smallest absolute Gasteiger partial charge is 0.194 e. The van der Waals surface area contributed by atoms with Crippen LogP contribution in [0.3, 0.4) is 0 Å². The zero-order chi connectivity index (χ0) is 12.3. The van der Waals surface area contributed by atoms with Crippen molar-refractivity contribution in [2.24, 2.45) is 0 Å². The average molecular weight is 306 g/mol. The van der Waals surface area contributed by atoms with E-state index >= 15 is 0 Å². The molecule has 1 aromatic heterocycles. The van der Waals surface area contributed by atoms with Gasteiger partial charge in [0.15, 0.2) is 5.78 Å². The number of hydrogen-bond donors (Lipinski definition) is 0. The molecule has 17 heavy (non-hydrogen) atoms. The van der Waals surface area contributed by atoms with Crippen molar-refractivity contribution in [3.63, 3.8) is 0 Å². The fraction of sp³-hybridized carbons (Fsp3) is 0.0769. The average Bonchev–Trinajstić information content (AvgIpc) is 2.86. The fourth-order valence-electron chi connectivity index (χ4n) is 1.50. The quantitative estimate of drug-likeness (QED) is 0.804. The highest BCUT2D eigenvalue weighted by Gasteiger charge is 2.22. The van der Waals surface area contributed by atoms with Crippen LogP contribution in [0.15, 0.2) is 46.3 Å². The van der Waals surface area contributed by atoms with Gasteiger partial charge in [-0.3, -0.25) is 4.79 Å². The van der Waals surface area contributed by atoms with Crippen molar-refractivity contribution in [2.75, 3.05) is 0 Å². The van der Waals surface area contributed by atoms with Crippen LogP contribution in [0.4, 0.5) is 0 Å². The van der Waals surface area contributed by atoms with E-state index in [-0.39, 0.29) is 5.78 Å². The molecule has 0 unspecified atom stereocenters. The zero-order valence-corrected chi connectivity index (χ0v) is 11.2. The Bertz CT molecular complexity index is 554. The van der Waals surface area contributed by atoms with Crippen LogP contribution in [-0.4, -0.2) is 5.78 Å². The minimum atomic E-state index is -0.721. The molecule has 0 saturated heterocycles. The van der Waals surface area contributed by atoms with Gasteiger partial charge in [0, 0.05) is 4.47 Å². The van der Waals surface area contributed by atoms with Crippen molar-refractivity contribution in [1.29, 1.82) is 5.26 Å². The van der Waals surface area contributed by atoms with Crippen molar-refractivity contribution in [3.8, 4) is 6.07 Å². The largest absolute Gasteiger partial charge is 0.291 e. The second-order valence-corrected chi connectivity index (χ2v) is 5.32. The Hall–Kier alpha value is -1.44. The molecule has 0 amide bonds. The number of benzene rings is 1. The maximum atomic E-state index is 12.1. The minimum Gasteiger partial charge on any atom is -0.291 e. The van der Waals surface area contributed by atoms with Crippen LogP contribution in [0.1, 0.15) is 21.2 Å². The summed E-state index contributed by atoms with van der Waals surface area (Å²) in [4.78, 5) is 12.7. The van der Waals surface area contributed by atoms with E-state index in [1.165, 1.54) is 11.3 Å². The molecular weight excluding hydrogens is 298 g/mol. The topological polar surface area (TPSA) is 40.9 Å². The summed E-state index contributed by atoms with van der Waals surface area (Å²) in [6.45, 7) is 0. The van der Waals surface area contributed by atoms with Gasteiger partial charge in [0.05, 0.1) is 10.9 Å². The highest BCUT2D eigenvalue weighted by molar-refractivity contribution is 9.10. The second kappa shape index (κ2) is 5.26. The number of rotatable bonds is 3. The molecule has 1 aromatic carbocycles. The molecule has 0 saturated carbocycles. The van der Waals surface area contributed by atoms with Crippen LogP contribution in [0.25, 0.3) is 0 Å². The molecule has 0 radical (unpaired) electrons. The molecule has 0 N–H and O–H groups in total. The van der Waals surface area contributed by atoms with Crippen molar-refractivity contribution in [2.45, 2.75) is 5.92 Å². The Morgan fingerprint density at radius 2 is 2.00 bits per heavy atom. The molecule has 1 atom stereocenters. The zero-order valence-electron chi connectivity index (χ0n) is 8.76. The van der Waals surface area contributed by atoms with Gasteiger partial charge in [0.2, 0.25) is 0 Å². The van der Waals surface area contributed by atoms with Gasteiger partial charge in [-0.2, -0.15) is 5.26 Å². The first-order chi connectivity index (χ1) is 8.22. The first-order valence-electron chi connectivity index (χ1n) is 4.95. The van der Waals surface area contributed by atoms with E-state index in [4.69, 9.17) is 5.26 Å². The summed E-state index contributed by atoms with van der Waals surface area (Å²) in [6.07, 6.45) is 0. The predicted molar refractivity (Wildman–Crippen MR) is 71.1 cm³/mol. The molecule has 84 valence electrons. The summed E-state index contributed by atoms with van der Waals surface area (Å²) in [6, 6.07) is 12.9. The third-order valence-corrected chi connectivity index (χ3v) is 3.77. The van der Waals surface area contributed by atoms with Crippen LogP contribution in [-0.2, 0) is 0 Å². The fourth-order valence-corrected chi connectivity index (χ4v) is 2.46. The predicted octanol–water partition coefficient (Wildman–Crippen LogP) is 4.00. The molecule has 0 aliphatic rings. The normalized spacial score (nSPS) is 11.8. The first-order valence-corrected chi connectivity index (χ1v) is 6.62. The number of nitriles is 1. The lowest BCUT2D eigenvalue weighted by molar-refractivity contribution is 0.0983. The molecule has 0 spiro atoms. The number of nitrogens with zero attached hydrogens (tertiary/aromatic N) is 1. The van der Waals surface area contributed by atoms with Gasteiger partial charge in [0.25, 0.3) is 0 Å². The summed E-state index contributed by atoms with van der Waals surface area (Å²) < 4.78 is 0.932. The van der Waals surface area contributed by atoms with Crippen LogP contribution < -0.4 is 0 Å². The van der Waals surface area contributed by atoms with Crippen molar-refractivity contribution < 1.29 is 4.79 Å². The van der Waals surface area contributed by atoms with Crippen LogP contribution in [0.2, 0.25) is 0 Å². The number of Topliss-reactive ketones (excluding diaryl/α,β-unsaturated/α-hetero) is 1. The van der Waals surface area contributed by atoms with Gasteiger partial charge in [0.1, 0.15) is 5.92 Å². The van der Waals surface area contributed by atoms with Gasteiger partial charge in [-0.25, -0.2) is 0 Å². The Labute approximate surface area is 112 Å². The lowest BCUT2D eigenvalue weighted by Crippen LogP contribution is -2.09. The molecule has 0 fully saturated rings. The summed E-state index contributed by atoms with van der Waals surface area (Å²) in [5, 5.41) is 11.0. The van der Waals surface area contributed by atoms with E-state index in [0.717, 1.165) is 10.0 Å². The molecule has 1 heterocycles. The van der Waals surface area contributed by atoms with Gasteiger partial charge < -0.3 is 0 Å². The molecule has 2 rings (SSSR count). The van der Waals surface area contributed by atoms with E-state index < -0.39 is 5.92 Å². The highest BCUT2D eigenvalue weighted by atomic mass is 79.9. The number of carbonyl (C=O) groups is 1. The Balaban J connectivity index is 2.32. The highest BCUT2D eigenvalue weighted by Crippen LogP contribution is 2.24. The van der Waals surface area contributed by atoms with Crippen LogP contribution in [0.5, 0.6) is 0 Å². The van der Waals surface area contributed by atoms with Gasteiger partial charge in [-0.05, 0) is 29.1 Å². The molecular formula is C13H8BrNOS. The third-order valence-electron chi connectivity index (χ3n) is 2.36. The molecule has 2 aromatic rings.